The highest BCUT2D eigenvalue weighted by molar-refractivity contribution is 9.10. The first-order valence-corrected chi connectivity index (χ1v) is 6.33. The Labute approximate surface area is 95.6 Å². The number of benzene rings is 1. The lowest BCUT2D eigenvalue weighted by Crippen LogP contribution is -2.21. The third kappa shape index (κ3) is 2.12. The van der Waals surface area contributed by atoms with E-state index in [1.165, 1.54) is 0 Å². The van der Waals surface area contributed by atoms with Crippen LogP contribution >= 0.6 is 27.7 Å². The van der Waals surface area contributed by atoms with Crippen LogP contribution in [0.15, 0.2) is 22.7 Å². The van der Waals surface area contributed by atoms with Crippen molar-refractivity contribution >= 4 is 27.7 Å². The van der Waals surface area contributed by atoms with Crippen molar-refractivity contribution in [3.63, 3.8) is 0 Å². The van der Waals surface area contributed by atoms with Gasteiger partial charge in [-0.2, -0.15) is 0 Å². The number of hydrogen-bond donors (Lipinski definition) is 1. The van der Waals surface area contributed by atoms with Gasteiger partial charge < -0.3 is 0 Å². The second-order valence-corrected chi connectivity index (χ2v) is 5.45. The van der Waals surface area contributed by atoms with Crippen LogP contribution in [0.3, 0.4) is 0 Å². The molecule has 1 aliphatic rings. The molecule has 0 bridgehead atoms. The third-order valence-electron chi connectivity index (χ3n) is 2.20. The highest BCUT2D eigenvalue weighted by Gasteiger charge is 2.22. The summed E-state index contributed by atoms with van der Waals surface area (Å²) in [6, 6.07) is 5.81. The molecule has 0 spiro atoms. The maximum atomic E-state index is 13.2. The van der Waals surface area contributed by atoms with Crippen molar-refractivity contribution in [2.75, 3.05) is 5.75 Å². The second kappa shape index (κ2) is 4.21. The molecule has 76 valence electrons. The Morgan fingerprint density at radius 1 is 1.57 bits per heavy atom. The lowest BCUT2D eigenvalue weighted by Gasteiger charge is -2.11. The summed E-state index contributed by atoms with van der Waals surface area (Å²) in [7, 11) is 0. The summed E-state index contributed by atoms with van der Waals surface area (Å²) in [5.74, 6) is 0.895. The van der Waals surface area contributed by atoms with E-state index in [0.717, 1.165) is 11.3 Å². The average molecular weight is 276 g/mol. The Hall–Kier alpha value is -0.0600. The molecule has 1 aromatic carbocycles. The van der Waals surface area contributed by atoms with Crippen molar-refractivity contribution in [1.29, 1.82) is 0 Å². The van der Waals surface area contributed by atoms with Gasteiger partial charge in [0, 0.05) is 11.8 Å². The molecular weight excluding hydrogens is 265 g/mol. The minimum Gasteiger partial charge on any atom is -0.298 e. The van der Waals surface area contributed by atoms with Crippen LogP contribution < -0.4 is 5.32 Å². The first-order chi connectivity index (χ1) is 6.66. The van der Waals surface area contributed by atoms with E-state index in [1.807, 2.05) is 17.8 Å². The summed E-state index contributed by atoms with van der Waals surface area (Å²) in [6.45, 7) is 2.14. The Balaban J connectivity index is 2.20. The van der Waals surface area contributed by atoms with E-state index in [-0.39, 0.29) is 11.2 Å². The van der Waals surface area contributed by atoms with Crippen LogP contribution in [0.2, 0.25) is 0 Å². The van der Waals surface area contributed by atoms with Crippen LogP contribution in [0.1, 0.15) is 17.9 Å². The van der Waals surface area contributed by atoms with Crippen molar-refractivity contribution in [3.05, 3.63) is 34.1 Å². The van der Waals surface area contributed by atoms with E-state index in [2.05, 4.69) is 28.2 Å². The molecule has 2 unspecified atom stereocenters. The highest BCUT2D eigenvalue weighted by atomic mass is 79.9. The smallest absolute Gasteiger partial charge is 0.137 e. The molecule has 1 aromatic rings. The van der Waals surface area contributed by atoms with Gasteiger partial charge in [-0.15, -0.1) is 11.8 Å². The van der Waals surface area contributed by atoms with Gasteiger partial charge in [0.2, 0.25) is 0 Å². The first-order valence-electron chi connectivity index (χ1n) is 4.49. The number of halogens is 2. The molecule has 1 nitrogen and oxygen atoms in total. The summed E-state index contributed by atoms with van der Waals surface area (Å²) < 4.78 is 13.8. The van der Waals surface area contributed by atoms with E-state index in [1.54, 1.807) is 12.1 Å². The van der Waals surface area contributed by atoms with Gasteiger partial charge in [-0.3, -0.25) is 5.32 Å². The Morgan fingerprint density at radius 3 is 2.93 bits per heavy atom. The van der Waals surface area contributed by atoms with E-state index in [4.69, 9.17) is 0 Å². The van der Waals surface area contributed by atoms with Gasteiger partial charge in [-0.25, -0.2) is 4.39 Å². The second-order valence-electron chi connectivity index (χ2n) is 3.45. The van der Waals surface area contributed by atoms with Crippen molar-refractivity contribution in [2.24, 2.45) is 0 Å². The average Bonchev–Trinajstić information content (AvgIpc) is 2.57. The molecule has 1 N–H and O–H groups in total. The number of thioether (sulfide) groups is 1. The van der Waals surface area contributed by atoms with Gasteiger partial charge in [0.05, 0.1) is 9.85 Å². The summed E-state index contributed by atoms with van der Waals surface area (Å²) in [5.41, 5.74) is 1.01. The molecule has 0 radical (unpaired) electrons. The van der Waals surface area contributed by atoms with Gasteiger partial charge in [-0.05, 0) is 40.5 Å². The van der Waals surface area contributed by atoms with Crippen LogP contribution in [-0.4, -0.2) is 11.8 Å². The molecule has 4 heteroatoms. The molecule has 2 rings (SSSR count). The van der Waals surface area contributed by atoms with Crippen LogP contribution in [0.4, 0.5) is 4.39 Å². The Kier molecular flexibility index (Phi) is 3.14. The minimum absolute atomic E-state index is 0.190. The lowest BCUT2D eigenvalue weighted by molar-refractivity contribution is 0.599. The molecule has 1 saturated heterocycles. The molecular formula is C10H11BrFNS. The predicted octanol–water partition coefficient (Wildman–Crippen LogP) is 3.31. The zero-order chi connectivity index (χ0) is 10.1. The monoisotopic (exact) mass is 275 g/mol. The van der Waals surface area contributed by atoms with Gasteiger partial charge in [0.1, 0.15) is 5.82 Å². The lowest BCUT2D eigenvalue weighted by atomic mass is 10.2. The van der Waals surface area contributed by atoms with Crippen molar-refractivity contribution < 1.29 is 4.39 Å². The first kappa shape index (κ1) is 10.5. The van der Waals surface area contributed by atoms with Crippen LogP contribution in [-0.2, 0) is 0 Å². The van der Waals surface area contributed by atoms with Crippen molar-refractivity contribution in [2.45, 2.75) is 18.3 Å². The normalized spacial score (nSPS) is 26.8. The topological polar surface area (TPSA) is 12.0 Å². The number of rotatable bonds is 1. The van der Waals surface area contributed by atoms with Crippen LogP contribution in [0.5, 0.6) is 0 Å². The number of nitrogens with one attached hydrogen (secondary N) is 1. The summed E-state index contributed by atoms with van der Waals surface area (Å²) >= 11 is 4.97. The fraction of sp³-hybridized carbons (Fsp3) is 0.400. The fourth-order valence-corrected chi connectivity index (χ4v) is 2.95. The summed E-state index contributed by atoms with van der Waals surface area (Å²) in [5, 5.41) is 3.64. The zero-order valence-electron chi connectivity index (χ0n) is 7.76. The Morgan fingerprint density at radius 2 is 2.36 bits per heavy atom. The molecule has 1 aliphatic heterocycles. The quantitative estimate of drug-likeness (QED) is 0.844. The third-order valence-corrected chi connectivity index (χ3v) is 4.27. The Bertz CT molecular complexity index is 345. The molecule has 1 heterocycles. The summed E-state index contributed by atoms with van der Waals surface area (Å²) in [6.07, 6.45) is 0. The standard InChI is InChI=1S/C10H11BrFNS/c1-6-5-14-10(13-6)7-2-3-8(11)9(12)4-7/h2-4,6,10,13H,5H2,1H3. The molecule has 14 heavy (non-hydrogen) atoms. The van der Waals surface area contributed by atoms with Gasteiger partial charge in [0.25, 0.3) is 0 Å². The van der Waals surface area contributed by atoms with E-state index in [0.29, 0.717) is 10.5 Å². The number of hydrogen-bond acceptors (Lipinski definition) is 2. The minimum atomic E-state index is -0.190. The van der Waals surface area contributed by atoms with Gasteiger partial charge >= 0.3 is 0 Å². The maximum Gasteiger partial charge on any atom is 0.137 e. The largest absolute Gasteiger partial charge is 0.298 e. The molecule has 0 aromatic heterocycles. The van der Waals surface area contributed by atoms with Gasteiger partial charge in [-0.1, -0.05) is 6.07 Å². The predicted molar refractivity (Wildman–Crippen MR) is 61.9 cm³/mol. The molecule has 0 aliphatic carbocycles. The highest BCUT2D eigenvalue weighted by Crippen LogP contribution is 2.33. The maximum absolute atomic E-state index is 13.2. The van der Waals surface area contributed by atoms with Crippen molar-refractivity contribution in [1.82, 2.24) is 5.32 Å². The van der Waals surface area contributed by atoms with E-state index >= 15 is 0 Å². The fourth-order valence-electron chi connectivity index (χ4n) is 1.46. The van der Waals surface area contributed by atoms with Crippen LogP contribution in [0.25, 0.3) is 0 Å². The molecule has 0 amide bonds. The van der Waals surface area contributed by atoms with Crippen LogP contribution in [0, 0.1) is 5.82 Å². The van der Waals surface area contributed by atoms with Crippen molar-refractivity contribution in [3.8, 4) is 0 Å². The SMILES string of the molecule is CC1CSC(c2ccc(Br)c(F)c2)N1. The molecule has 1 fully saturated rings. The zero-order valence-corrected chi connectivity index (χ0v) is 10.2. The van der Waals surface area contributed by atoms with Gasteiger partial charge in [0.15, 0.2) is 0 Å². The van der Waals surface area contributed by atoms with E-state index in [9.17, 15) is 4.39 Å². The molecule has 0 saturated carbocycles. The molecule has 2 atom stereocenters. The van der Waals surface area contributed by atoms with E-state index < -0.39 is 0 Å². The summed E-state index contributed by atoms with van der Waals surface area (Å²) in [4.78, 5) is 0.